The summed E-state index contributed by atoms with van der Waals surface area (Å²) in [5.74, 6) is -1.27. The molecule has 0 fully saturated rings. The van der Waals surface area contributed by atoms with Gasteiger partial charge in [0.1, 0.15) is 5.78 Å². The van der Waals surface area contributed by atoms with Crippen molar-refractivity contribution in [3.63, 3.8) is 0 Å². The van der Waals surface area contributed by atoms with E-state index in [4.69, 9.17) is 10.8 Å². The zero-order chi connectivity index (χ0) is 11.3. The van der Waals surface area contributed by atoms with Crippen LogP contribution in [0.1, 0.15) is 33.6 Å². The van der Waals surface area contributed by atoms with Gasteiger partial charge >= 0.3 is 5.97 Å². The molecule has 14 heavy (non-hydrogen) atoms. The fourth-order valence-electron chi connectivity index (χ4n) is 1.02. The first-order valence-corrected chi connectivity index (χ1v) is 4.87. The van der Waals surface area contributed by atoms with Crippen LogP contribution in [0.2, 0.25) is 0 Å². The quantitative estimate of drug-likeness (QED) is 0.672. The van der Waals surface area contributed by atoms with Crippen LogP contribution >= 0.6 is 0 Å². The highest BCUT2D eigenvalue weighted by molar-refractivity contribution is 5.84. The standard InChI is InChI=1S/C10H19NO3/c1-6(2)9(11)8(12)5-4-7(3)10(13)14/h6-7,9H,4-5,11H2,1-3H3,(H,13,14). The van der Waals surface area contributed by atoms with Gasteiger partial charge in [0.2, 0.25) is 0 Å². The van der Waals surface area contributed by atoms with Gasteiger partial charge in [0.05, 0.1) is 12.0 Å². The fourth-order valence-corrected chi connectivity index (χ4v) is 1.02. The Balaban J connectivity index is 3.91. The molecule has 2 atom stereocenters. The van der Waals surface area contributed by atoms with Crippen LogP contribution < -0.4 is 5.73 Å². The number of carboxylic acid groups (broad SMARTS) is 1. The lowest BCUT2D eigenvalue weighted by Crippen LogP contribution is -2.35. The van der Waals surface area contributed by atoms with Crippen molar-refractivity contribution in [2.75, 3.05) is 0 Å². The molecule has 0 aliphatic carbocycles. The summed E-state index contributed by atoms with van der Waals surface area (Å²) in [4.78, 5) is 21.9. The van der Waals surface area contributed by atoms with Crippen LogP contribution in [0.3, 0.4) is 0 Å². The van der Waals surface area contributed by atoms with Crippen molar-refractivity contribution >= 4 is 11.8 Å². The SMILES string of the molecule is CC(CCC(=O)C(N)C(C)C)C(=O)O. The van der Waals surface area contributed by atoms with Crippen LogP contribution in [0.5, 0.6) is 0 Å². The van der Waals surface area contributed by atoms with Crippen molar-refractivity contribution in [3.05, 3.63) is 0 Å². The minimum absolute atomic E-state index is 0.0481. The van der Waals surface area contributed by atoms with Crippen molar-refractivity contribution in [2.45, 2.75) is 39.7 Å². The molecule has 3 N–H and O–H groups in total. The molecule has 4 nitrogen and oxygen atoms in total. The zero-order valence-electron chi connectivity index (χ0n) is 8.99. The second kappa shape index (κ2) is 5.75. The predicted octanol–water partition coefficient (Wildman–Crippen LogP) is 1.04. The van der Waals surface area contributed by atoms with Crippen molar-refractivity contribution in [1.82, 2.24) is 0 Å². The lowest BCUT2D eigenvalue weighted by molar-refractivity contribution is -0.141. The number of rotatable bonds is 6. The molecule has 2 unspecified atom stereocenters. The van der Waals surface area contributed by atoms with Gasteiger partial charge in [-0.15, -0.1) is 0 Å². The Bertz CT molecular complexity index is 213. The first kappa shape index (κ1) is 13.1. The van der Waals surface area contributed by atoms with Crippen LogP contribution in [0.4, 0.5) is 0 Å². The van der Waals surface area contributed by atoms with Crippen molar-refractivity contribution in [2.24, 2.45) is 17.6 Å². The molecule has 4 heteroatoms. The van der Waals surface area contributed by atoms with Crippen molar-refractivity contribution in [3.8, 4) is 0 Å². The maximum Gasteiger partial charge on any atom is 0.306 e. The summed E-state index contributed by atoms with van der Waals surface area (Å²) >= 11 is 0. The monoisotopic (exact) mass is 201 g/mol. The molecule has 0 aromatic carbocycles. The minimum Gasteiger partial charge on any atom is -0.481 e. The van der Waals surface area contributed by atoms with E-state index in [0.29, 0.717) is 6.42 Å². The number of nitrogens with two attached hydrogens (primary N) is 1. The Labute approximate surface area is 84.5 Å². The highest BCUT2D eigenvalue weighted by atomic mass is 16.4. The molecule has 82 valence electrons. The van der Waals surface area contributed by atoms with Gasteiger partial charge in [0.25, 0.3) is 0 Å². The second-order valence-electron chi connectivity index (χ2n) is 4.01. The van der Waals surface area contributed by atoms with Gasteiger partial charge in [0.15, 0.2) is 0 Å². The van der Waals surface area contributed by atoms with E-state index in [9.17, 15) is 9.59 Å². The molecular weight excluding hydrogens is 182 g/mol. The average molecular weight is 201 g/mol. The zero-order valence-corrected chi connectivity index (χ0v) is 8.99. The third-order valence-corrected chi connectivity index (χ3v) is 2.34. The summed E-state index contributed by atoms with van der Waals surface area (Å²) in [6.07, 6.45) is 0.626. The number of carbonyl (C=O) groups is 2. The van der Waals surface area contributed by atoms with Crippen LogP contribution in [0.25, 0.3) is 0 Å². The predicted molar refractivity (Wildman–Crippen MR) is 53.9 cm³/mol. The summed E-state index contributed by atoms with van der Waals surface area (Å²) in [6, 6.07) is -0.462. The Morgan fingerprint density at radius 2 is 1.79 bits per heavy atom. The fraction of sp³-hybridized carbons (Fsp3) is 0.800. The molecule has 0 radical (unpaired) electrons. The smallest absolute Gasteiger partial charge is 0.306 e. The Morgan fingerprint density at radius 1 is 1.29 bits per heavy atom. The Kier molecular flexibility index (Phi) is 5.38. The number of hydrogen-bond acceptors (Lipinski definition) is 3. The maximum absolute atomic E-state index is 11.4. The highest BCUT2D eigenvalue weighted by Crippen LogP contribution is 2.09. The topological polar surface area (TPSA) is 80.4 Å². The van der Waals surface area contributed by atoms with E-state index < -0.39 is 17.9 Å². The molecular formula is C10H19NO3. The number of carbonyl (C=O) groups excluding carboxylic acids is 1. The molecule has 0 amide bonds. The first-order valence-electron chi connectivity index (χ1n) is 4.87. The van der Waals surface area contributed by atoms with Crippen LogP contribution in [-0.2, 0) is 9.59 Å². The number of ketones is 1. The van der Waals surface area contributed by atoms with Crippen LogP contribution in [0.15, 0.2) is 0 Å². The molecule has 0 aliphatic rings. The molecule has 0 aliphatic heterocycles. The summed E-state index contributed by atoms with van der Waals surface area (Å²) in [6.45, 7) is 5.35. The minimum atomic E-state index is -0.865. The summed E-state index contributed by atoms with van der Waals surface area (Å²) in [7, 11) is 0. The maximum atomic E-state index is 11.4. The third-order valence-electron chi connectivity index (χ3n) is 2.34. The summed E-state index contributed by atoms with van der Waals surface area (Å²) in [5.41, 5.74) is 5.63. The van der Waals surface area contributed by atoms with Crippen LogP contribution in [-0.4, -0.2) is 22.9 Å². The van der Waals surface area contributed by atoms with E-state index in [1.165, 1.54) is 0 Å². The van der Waals surface area contributed by atoms with E-state index in [1.54, 1.807) is 6.92 Å². The summed E-state index contributed by atoms with van der Waals surface area (Å²) in [5, 5.41) is 8.60. The number of hydrogen-bond donors (Lipinski definition) is 2. The van der Waals surface area contributed by atoms with Gasteiger partial charge in [-0.3, -0.25) is 9.59 Å². The van der Waals surface area contributed by atoms with E-state index in [1.807, 2.05) is 13.8 Å². The average Bonchev–Trinajstić information content (AvgIpc) is 2.11. The first-order chi connectivity index (χ1) is 6.36. The van der Waals surface area contributed by atoms with Gasteiger partial charge in [-0.1, -0.05) is 20.8 Å². The van der Waals surface area contributed by atoms with Crippen molar-refractivity contribution < 1.29 is 14.7 Å². The lowest BCUT2D eigenvalue weighted by atomic mass is 9.95. The van der Waals surface area contributed by atoms with E-state index in [-0.39, 0.29) is 18.1 Å². The number of aliphatic carboxylic acids is 1. The van der Waals surface area contributed by atoms with Crippen molar-refractivity contribution in [1.29, 1.82) is 0 Å². The molecule has 0 heterocycles. The van der Waals surface area contributed by atoms with Gasteiger partial charge in [-0.25, -0.2) is 0 Å². The molecule has 0 bridgehead atoms. The van der Waals surface area contributed by atoms with E-state index in [2.05, 4.69) is 0 Å². The number of Topliss-reactive ketones (excluding diaryl/α,β-unsaturated/α-hetero) is 1. The molecule has 0 spiro atoms. The molecule has 0 aromatic heterocycles. The highest BCUT2D eigenvalue weighted by Gasteiger charge is 2.19. The Hall–Kier alpha value is -0.900. The third kappa shape index (κ3) is 4.37. The Morgan fingerprint density at radius 3 is 2.14 bits per heavy atom. The molecule has 0 rings (SSSR count). The molecule has 0 aromatic rings. The van der Waals surface area contributed by atoms with Crippen LogP contribution in [0, 0.1) is 11.8 Å². The van der Waals surface area contributed by atoms with Gasteiger partial charge in [-0.2, -0.15) is 0 Å². The van der Waals surface area contributed by atoms with E-state index >= 15 is 0 Å². The summed E-state index contributed by atoms with van der Waals surface area (Å²) < 4.78 is 0. The van der Waals surface area contributed by atoms with Gasteiger partial charge in [-0.05, 0) is 12.3 Å². The van der Waals surface area contributed by atoms with E-state index in [0.717, 1.165) is 0 Å². The largest absolute Gasteiger partial charge is 0.481 e. The lowest BCUT2D eigenvalue weighted by Gasteiger charge is -2.14. The number of carboxylic acids is 1. The molecule has 0 saturated heterocycles. The molecule has 0 saturated carbocycles. The van der Waals surface area contributed by atoms with Gasteiger partial charge < -0.3 is 10.8 Å². The normalized spacial score (nSPS) is 15.2. The second-order valence-corrected chi connectivity index (χ2v) is 4.01. The van der Waals surface area contributed by atoms with Gasteiger partial charge in [0, 0.05) is 6.42 Å².